The van der Waals surface area contributed by atoms with Crippen LogP contribution in [0.15, 0.2) is 65.6 Å². The van der Waals surface area contributed by atoms with Crippen molar-refractivity contribution in [1.29, 1.82) is 0 Å². The first-order chi connectivity index (χ1) is 15.5. The first-order valence-corrected chi connectivity index (χ1v) is 11.2. The number of carbonyl (C=O) groups excluding carboxylic acids is 1. The molecule has 6 nitrogen and oxygen atoms in total. The number of aromatic nitrogens is 1. The van der Waals surface area contributed by atoms with E-state index < -0.39 is 16.7 Å². The van der Waals surface area contributed by atoms with Gasteiger partial charge in [-0.05, 0) is 41.5 Å². The number of aromatic hydroxyl groups is 1. The summed E-state index contributed by atoms with van der Waals surface area (Å²) in [6.07, 6.45) is 4.00. The predicted octanol–water partition coefficient (Wildman–Crippen LogP) is 2.99. The molecule has 0 saturated heterocycles. The van der Waals surface area contributed by atoms with Gasteiger partial charge in [0.2, 0.25) is 5.43 Å². The van der Waals surface area contributed by atoms with Gasteiger partial charge < -0.3 is 10.0 Å². The highest BCUT2D eigenvalue weighted by molar-refractivity contribution is 5.96. The number of rotatable bonds is 2. The maximum absolute atomic E-state index is 13.3. The van der Waals surface area contributed by atoms with Crippen molar-refractivity contribution in [2.24, 2.45) is 5.92 Å². The third-order valence-electron chi connectivity index (χ3n) is 7.64. The molecule has 162 valence electrons. The van der Waals surface area contributed by atoms with Gasteiger partial charge in [-0.1, -0.05) is 55.5 Å². The average Bonchev–Trinajstić information content (AvgIpc) is 3.29. The molecule has 0 fully saturated rings. The summed E-state index contributed by atoms with van der Waals surface area (Å²) in [5, 5.41) is 12.9. The fourth-order valence-electron chi connectivity index (χ4n) is 6.42. The van der Waals surface area contributed by atoms with Crippen LogP contribution in [0.2, 0.25) is 0 Å². The largest absolute Gasteiger partial charge is 0.502 e. The monoisotopic (exact) mass is 427 g/mol. The van der Waals surface area contributed by atoms with Crippen molar-refractivity contribution in [2.75, 3.05) is 12.1 Å². The molecule has 3 aromatic rings. The second-order valence-electron chi connectivity index (χ2n) is 9.06. The Kier molecular flexibility index (Phi) is 3.88. The summed E-state index contributed by atoms with van der Waals surface area (Å²) in [4.78, 5) is 27.2. The molecule has 6 heteroatoms. The molecule has 1 aromatic heterocycles. The third kappa shape index (κ3) is 2.14. The summed E-state index contributed by atoms with van der Waals surface area (Å²) < 4.78 is 1.75. The summed E-state index contributed by atoms with van der Waals surface area (Å²) in [7, 11) is 1.76. The van der Waals surface area contributed by atoms with Gasteiger partial charge in [-0.15, -0.1) is 0 Å². The molecule has 1 unspecified atom stereocenters. The summed E-state index contributed by atoms with van der Waals surface area (Å²) in [5.74, 6) is -0.550. The molecule has 2 aliphatic carbocycles. The van der Waals surface area contributed by atoms with Gasteiger partial charge in [0, 0.05) is 25.2 Å². The van der Waals surface area contributed by atoms with E-state index in [0.29, 0.717) is 6.42 Å². The smallest absolute Gasteiger partial charge is 0.277 e. The Labute approximate surface area is 186 Å². The van der Waals surface area contributed by atoms with Crippen molar-refractivity contribution >= 4 is 5.91 Å². The number of benzene rings is 2. The van der Waals surface area contributed by atoms with Crippen LogP contribution in [0.1, 0.15) is 46.1 Å². The molecule has 2 heterocycles. The molecular weight excluding hydrogens is 402 g/mol. The van der Waals surface area contributed by atoms with E-state index in [9.17, 15) is 14.7 Å². The molecule has 1 aliphatic heterocycles. The highest BCUT2D eigenvalue weighted by atomic mass is 16.3. The molecule has 1 amide bonds. The molecule has 0 saturated carbocycles. The van der Waals surface area contributed by atoms with E-state index in [0.717, 1.165) is 12.8 Å². The van der Waals surface area contributed by atoms with Crippen molar-refractivity contribution in [3.8, 4) is 5.75 Å². The fourth-order valence-corrected chi connectivity index (χ4v) is 6.42. The first kappa shape index (κ1) is 19.2. The SMILES string of the molecule is CCC1N(C)C(=O)c2c(O)c(=O)ccn2N1C12c3ccccc3CC1Cc1ccccc12. The number of carbonyl (C=O) groups is 1. The lowest BCUT2D eigenvalue weighted by Crippen LogP contribution is -2.67. The van der Waals surface area contributed by atoms with E-state index >= 15 is 0 Å². The van der Waals surface area contributed by atoms with Gasteiger partial charge in [0.1, 0.15) is 11.7 Å². The minimum atomic E-state index is -0.541. The Morgan fingerprint density at radius 2 is 1.56 bits per heavy atom. The Balaban J connectivity index is 1.74. The molecule has 1 N–H and O–H groups in total. The van der Waals surface area contributed by atoms with Gasteiger partial charge in [0.05, 0.1) is 0 Å². The van der Waals surface area contributed by atoms with Crippen molar-refractivity contribution < 1.29 is 9.90 Å². The molecule has 2 aromatic carbocycles. The zero-order chi connectivity index (χ0) is 22.2. The van der Waals surface area contributed by atoms with E-state index in [-0.39, 0.29) is 23.7 Å². The van der Waals surface area contributed by atoms with Crippen LogP contribution in [-0.2, 0) is 18.4 Å². The molecule has 32 heavy (non-hydrogen) atoms. The van der Waals surface area contributed by atoms with Crippen molar-refractivity contribution in [3.63, 3.8) is 0 Å². The highest BCUT2D eigenvalue weighted by Gasteiger charge is 2.60. The predicted molar refractivity (Wildman–Crippen MR) is 121 cm³/mol. The maximum atomic E-state index is 13.3. The Hall–Kier alpha value is -3.54. The first-order valence-electron chi connectivity index (χ1n) is 11.2. The van der Waals surface area contributed by atoms with Gasteiger partial charge in [0.15, 0.2) is 11.4 Å². The molecule has 1 atom stereocenters. The maximum Gasteiger partial charge on any atom is 0.277 e. The van der Waals surface area contributed by atoms with Crippen molar-refractivity contribution in [3.05, 3.63) is 99.0 Å². The van der Waals surface area contributed by atoms with Crippen LogP contribution >= 0.6 is 0 Å². The minimum absolute atomic E-state index is 0.0339. The van der Waals surface area contributed by atoms with Crippen LogP contribution in [0.25, 0.3) is 0 Å². The van der Waals surface area contributed by atoms with Crippen molar-refractivity contribution in [1.82, 2.24) is 9.58 Å². The van der Waals surface area contributed by atoms with Gasteiger partial charge in [0.25, 0.3) is 5.91 Å². The topological polar surface area (TPSA) is 65.8 Å². The van der Waals surface area contributed by atoms with Crippen LogP contribution < -0.4 is 10.4 Å². The lowest BCUT2D eigenvalue weighted by atomic mass is 9.80. The number of hydrogen-bond acceptors (Lipinski definition) is 4. The highest BCUT2D eigenvalue weighted by Crippen LogP contribution is 2.57. The number of nitrogens with zero attached hydrogens (tertiary/aromatic N) is 3. The zero-order valence-electron chi connectivity index (χ0n) is 18.2. The molecule has 0 radical (unpaired) electrons. The Morgan fingerprint density at radius 1 is 0.969 bits per heavy atom. The zero-order valence-corrected chi connectivity index (χ0v) is 18.2. The molecular formula is C26H25N3O3. The van der Waals surface area contributed by atoms with Gasteiger partial charge in [-0.2, -0.15) is 0 Å². The van der Waals surface area contributed by atoms with Gasteiger partial charge >= 0.3 is 0 Å². The Bertz CT molecular complexity index is 1280. The standard InChI is InChI=1S/C26H25N3O3/c1-3-22-27(2)25(32)23-24(31)21(30)12-13-28(23)29(22)26-18(14-16-8-4-6-10-19(16)26)15-17-9-5-7-11-20(17)26/h4-13,18,22,31H,3,14-15H2,1-2H3. The van der Waals surface area contributed by atoms with E-state index in [1.54, 1.807) is 22.8 Å². The van der Waals surface area contributed by atoms with Gasteiger partial charge in [-0.3, -0.25) is 19.3 Å². The number of fused-ring (bicyclic) bond motifs is 6. The van der Waals surface area contributed by atoms with Crippen molar-refractivity contribution in [2.45, 2.75) is 37.9 Å². The minimum Gasteiger partial charge on any atom is -0.502 e. The quantitative estimate of drug-likeness (QED) is 0.683. The van der Waals surface area contributed by atoms with E-state index in [2.05, 4.69) is 60.5 Å². The van der Waals surface area contributed by atoms with Crippen LogP contribution in [0.5, 0.6) is 5.75 Å². The second-order valence-corrected chi connectivity index (χ2v) is 9.06. The summed E-state index contributed by atoms with van der Waals surface area (Å²) in [5.41, 5.74) is 4.09. The second kappa shape index (κ2) is 6.48. The van der Waals surface area contributed by atoms with E-state index in [4.69, 9.17) is 0 Å². The molecule has 3 aliphatic rings. The summed E-state index contributed by atoms with van der Waals surface area (Å²) in [6.45, 7) is 2.07. The third-order valence-corrected chi connectivity index (χ3v) is 7.64. The number of amides is 1. The fraction of sp³-hybridized carbons (Fsp3) is 0.308. The van der Waals surface area contributed by atoms with Gasteiger partial charge in [-0.25, -0.2) is 0 Å². The van der Waals surface area contributed by atoms with Crippen LogP contribution in [0.4, 0.5) is 0 Å². The molecule has 0 bridgehead atoms. The summed E-state index contributed by atoms with van der Waals surface area (Å²) >= 11 is 0. The van der Waals surface area contributed by atoms with E-state index in [1.807, 2.05) is 0 Å². The normalized spacial score (nSPS) is 25.4. The lowest BCUT2D eigenvalue weighted by Gasteiger charge is -2.54. The Morgan fingerprint density at radius 3 is 2.16 bits per heavy atom. The van der Waals surface area contributed by atoms with E-state index in [1.165, 1.54) is 28.3 Å². The number of pyridine rings is 1. The van der Waals surface area contributed by atoms with Crippen LogP contribution in [-0.4, -0.2) is 33.8 Å². The van der Waals surface area contributed by atoms with Crippen LogP contribution in [0.3, 0.4) is 0 Å². The summed E-state index contributed by atoms with van der Waals surface area (Å²) in [6, 6.07) is 18.5. The number of hydrogen-bond donors (Lipinski definition) is 1. The van der Waals surface area contributed by atoms with Crippen LogP contribution in [0, 0.1) is 5.92 Å². The average molecular weight is 428 g/mol. The molecule has 0 spiro atoms. The lowest BCUT2D eigenvalue weighted by molar-refractivity contribution is 0.0552. The molecule has 6 rings (SSSR count).